The Morgan fingerprint density at radius 3 is 2.27 bits per heavy atom. The highest BCUT2D eigenvalue weighted by Crippen LogP contribution is 2.28. The maximum absolute atomic E-state index is 13.3. The van der Waals surface area contributed by atoms with E-state index in [0.29, 0.717) is 32.6 Å². The Bertz CT molecular complexity index is 869. The van der Waals surface area contributed by atoms with Gasteiger partial charge < -0.3 is 19.5 Å². The summed E-state index contributed by atoms with van der Waals surface area (Å²) < 4.78 is 5.17. The second-order valence-electron chi connectivity index (χ2n) is 7.97. The molecule has 1 aromatic carbocycles. The molecule has 3 amide bonds. The van der Waals surface area contributed by atoms with E-state index in [1.54, 1.807) is 17.0 Å². The average Bonchev–Trinajstić information content (AvgIpc) is 3.27. The van der Waals surface area contributed by atoms with Crippen LogP contribution >= 0.6 is 0 Å². The van der Waals surface area contributed by atoms with Gasteiger partial charge in [0.25, 0.3) is 5.91 Å². The number of furan rings is 1. The van der Waals surface area contributed by atoms with Gasteiger partial charge in [-0.2, -0.15) is 0 Å². The van der Waals surface area contributed by atoms with Crippen LogP contribution in [0.5, 0.6) is 0 Å². The molecule has 2 heterocycles. The number of hydrogen-bond donors (Lipinski definition) is 1. The van der Waals surface area contributed by atoms with Crippen LogP contribution < -0.4 is 5.32 Å². The van der Waals surface area contributed by atoms with Crippen LogP contribution in [0.1, 0.15) is 35.4 Å². The summed E-state index contributed by atoms with van der Waals surface area (Å²) in [4.78, 5) is 41.9. The molecule has 2 aliphatic rings. The third kappa shape index (κ3) is 4.56. The molecule has 7 heteroatoms. The van der Waals surface area contributed by atoms with Gasteiger partial charge in [0.05, 0.1) is 6.26 Å². The molecule has 2 fully saturated rings. The first-order valence-corrected chi connectivity index (χ1v) is 10.6. The molecule has 1 N–H and O–H groups in total. The quantitative estimate of drug-likeness (QED) is 0.792. The molecule has 4 rings (SSSR count). The van der Waals surface area contributed by atoms with Gasteiger partial charge in [0, 0.05) is 38.5 Å². The first kappa shape index (κ1) is 20.2. The van der Waals surface area contributed by atoms with E-state index in [0.717, 1.165) is 24.8 Å². The molecule has 158 valence electrons. The number of rotatable bonds is 6. The SMILES string of the molecule is O=C(NC(Cc1ccccc1)C(=O)N1CCN(C(=O)C2CCC2)CC1)c1ccco1. The lowest BCUT2D eigenvalue weighted by Crippen LogP contribution is -2.57. The van der Waals surface area contributed by atoms with Crippen LogP contribution in [0.15, 0.2) is 53.1 Å². The molecule has 2 aromatic rings. The fraction of sp³-hybridized carbons (Fsp3) is 0.435. The summed E-state index contributed by atoms with van der Waals surface area (Å²) in [6.07, 6.45) is 4.92. The minimum atomic E-state index is -0.695. The fourth-order valence-corrected chi connectivity index (χ4v) is 3.97. The van der Waals surface area contributed by atoms with E-state index in [-0.39, 0.29) is 23.5 Å². The number of carbonyl (C=O) groups is 3. The summed E-state index contributed by atoms with van der Waals surface area (Å²) in [6, 6.07) is 12.1. The Hall–Kier alpha value is -3.09. The number of hydrogen-bond acceptors (Lipinski definition) is 4. The lowest BCUT2D eigenvalue weighted by atomic mass is 9.84. The number of carbonyl (C=O) groups excluding carboxylic acids is 3. The molecule has 1 unspecified atom stereocenters. The first-order valence-electron chi connectivity index (χ1n) is 10.6. The van der Waals surface area contributed by atoms with Crippen LogP contribution in [0, 0.1) is 5.92 Å². The summed E-state index contributed by atoms with van der Waals surface area (Å²) in [6.45, 7) is 2.06. The molecule has 1 aliphatic heterocycles. The minimum Gasteiger partial charge on any atom is -0.459 e. The van der Waals surface area contributed by atoms with Crippen molar-refractivity contribution in [2.45, 2.75) is 31.7 Å². The topological polar surface area (TPSA) is 82.9 Å². The molecule has 0 radical (unpaired) electrons. The van der Waals surface area contributed by atoms with Crippen molar-refractivity contribution in [3.8, 4) is 0 Å². The van der Waals surface area contributed by atoms with Crippen molar-refractivity contribution in [3.63, 3.8) is 0 Å². The summed E-state index contributed by atoms with van der Waals surface area (Å²) in [5.74, 6) is 0.0327. The minimum absolute atomic E-state index is 0.130. The predicted octanol–water partition coefficient (Wildman–Crippen LogP) is 2.09. The van der Waals surface area contributed by atoms with Crippen molar-refractivity contribution in [1.29, 1.82) is 0 Å². The molecule has 1 saturated heterocycles. The van der Waals surface area contributed by atoms with Gasteiger partial charge in [-0.15, -0.1) is 0 Å². The van der Waals surface area contributed by atoms with E-state index >= 15 is 0 Å². The zero-order valence-electron chi connectivity index (χ0n) is 17.0. The van der Waals surface area contributed by atoms with Crippen molar-refractivity contribution in [3.05, 3.63) is 60.1 Å². The number of amides is 3. The standard InChI is InChI=1S/C23H27N3O4/c27-21(20-10-5-15-30-20)24-19(16-17-6-2-1-3-7-17)23(29)26-13-11-25(12-14-26)22(28)18-8-4-9-18/h1-3,5-7,10,15,18-19H,4,8-9,11-14,16H2,(H,24,27). The largest absolute Gasteiger partial charge is 0.459 e. The molecule has 0 spiro atoms. The number of nitrogens with zero attached hydrogens (tertiary/aromatic N) is 2. The van der Waals surface area contributed by atoms with Crippen LogP contribution in [0.25, 0.3) is 0 Å². The molecule has 7 nitrogen and oxygen atoms in total. The van der Waals surface area contributed by atoms with Crippen LogP contribution in [-0.4, -0.2) is 59.7 Å². The van der Waals surface area contributed by atoms with Crippen molar-refractivity contribution in [2.75, 3.05) is 26.2 Å². The zero-order valence-corrected chi connectivity index (χ0v) is 17.0. The van der Waals surface area contributed by atoms with E-state index in [2.05, 4.69) is 5.32 Å². The molecule has 1 saturated carbocycles. The highest BCUT2D eigenvalue weighted by molar-refractivity contribution is 5.95. The predicted molar refractivity (Wildman–Crippen MR) is 111 cm³/mol. The average molecular weight is 409 g/mol. The Morgan fingerprint density at radius 1 is 0.967 bits per heavy atom. The van der Waals surface area contributed by atoms with Gasteiger partial charge in [0.15, 0.2) is 5.76 Å². The second kappa shape index (κ2) is 9.15. The lowest BCUT2D eigenvalue weighted by molar-refractivity contribution is -0.144. The number of piperazine rings is 1. The van der Waals surface area contributed by atoms with Crippen molar-refractivity contribution < 1.29 is 18.8 Å². The molecule has 1 aromatic heterocycles. The van der Waals surface area contributed by atoms with E-state index in [1.807, 2.05) is 35.2 Å². The Kier molecular flexibility index (Phi) is 6.16. The molecule has 0 bridgehead atoms. The van der Waals surface area contributed by atoms with Crippen LogP contribution in [0.2, 0.25) is 0 Å². The van der Waals surface area contributed by atoms with Crippen molar-refractivity contribution >= 4 is 17.7 Å². The van der Waals surface area contributed by atoms with E-state index in [9.17, 15) is 14.4 Å². The molecule has 30 heavy (non-hydrogen) atoms. The second-order valence-corrected chi connectivity index (χ2v) is 7.97. The molecular weight excluding hydrogens is 382 g/mol. The van der Waals surface area contributed by atoms with E-state index < -0.39 is 11.9 Å². The van der Waals surface area contributed by atoms with E-state index in [1.165, 1.54) is 6.26 Å². The lowest BCUT2D eigenvalue weighted by Gasteiger charge is -2.39. The van der Waals surface area contributed by atoms with Gasteiger partial charge in [0.2, 0.25) is 11.8 Å². The Labute approximate surface area is 176 Å². The Morgan fingerprint density at radius 2 is 1.67 bits per heavy atom. The summed E-state index contributed by atoms with van der Waals surface area (Å²) in [7, 11) is 0. The maximum Gasteiger partial charge on any atom is 0.287 e. The third-order valence-corrected chi connectivity index (χ3v) is 5.99. The van der Waals surface area contributed by atoms with Crippen LogP contribution in [0.3, 0.4) is 0 Å². The third-order valence-electron chi connectivity index (χ3n) is 5.99. The number of nitrogens with one attached hydrogen (secondary N) is 1. The van der Waals surface area contributed by atoms with Gasteiger partial charge in [-0.3, -0.25) is 14.4 Å². The molecular formula is C23H27N3O4. The van der Waals surface area contributed by atoms with Crippen LogP contribution in [0.4, 0.5) is 0 Å². The molecule has 1 atom stereocenters. The molecule has 1 aliphatic carbocycles. The normalized spacial score (nSPS) is 17.9. The van der Waals surface area contributed by atoms with Gasteiger partial charge in [-0.05, 0) is 30.5 Å². The van der Waals surface area contributed by atoms with Gasteiger partial charge in [0.1, 0.15) is 6.04 Å². The Balaban J connectivity index is 1.41. The van der Waals surface area contributed by atoms with Gasteiger partial charge >= 0.3 is 0 Å². The summed E-state index contributed by atoms with van der Waals surface area (Å²) in [5.41, 5.74) is 0.967. The maximum atomic E-state index is 13.3. The summed E-state index contributed by atoms with van der Waals surface area (Å²) >= 11 is 0. The highest BCUT2D eigenvalue weighted by atomic mass is 16.3. The number of benzene rings is 1. The van der Waals surface area contributed by atoms with Crippen LogP contribution in [-0.2, 0) is 16.0 Å². The fourth-order valence-electron chi connectivity index (χ4n) is 3.97. The first-order chi connectivity index (χ1) is 14.6. The van der Waals surface area contributed by atoms with Gasteiger partial charge in [-0.25, -0.2) is 0 Å². The van der Waals surface area contributed by atoms with E-state index in [4.69, 9.17) is 4.42 Å². The van der Waals surface area contributed by atoms with Gasteiger partial charge in [-0.1, -0.05) is 36.8 Å². The summed E-state index contributed by atoms with van der Waals surface area (Å²) in [5, 5.41) is 2.83. The smallest absolute Gasteiger partial charge is 0.287 e. The monoisotopic (exact) mass is 409 g/mol. The highest BCUT2D eigenvalue weighted by Gasteiger charge is 2.34. The van der Waals surface area contributed by atoms with Crippen molar-refractivity contribution in [2.24, 2.45) is 5.92 Å². The van der Waals surface area contributed by atoms with Crippen molar-refractivity contribution in [1.82, 2.24) is 15.1 Å². The zero-order chi connectivity index (χ0) is 20.9.